The molecule has 1 aromatic heterocycles. The topological polar surface area (TPSA) is 50.4 Å². The van der Waals surface area contributed by atoms with Crippen LogP contribution in [0, 0.1) is 0 Å². The van der Waals surface area contributed by atoms with Crippen LogP contribution in [0.3, 0.4) is 0 Å². The van der Waals surface area contributed by atoms with Crippen molar-refractivity contribution in [1.82, 2.24) is 15.1 Å². The van der Waals surface area contributed by atoms with Crippen LogP contribution in [0.5, 0.6) is 11.5 Å². The molecule has 0 bridgehead atoms. The molecular weight excluding hydrogens is 354 g/mol. The minimum atomic E-state index is 0.308. The van der Waals surface area contributed by atoms with Gasteiger partial charge in [0.25, 0.3) is 0 Å². The van der Waals surface area contributed by atoms with Crippen molar-refractivity contribution in [2.45, 2.75) is 19.0 Å². The molecule has 2 aromatic rings. The number of ether oxygens (including phenoxy) is 2. The summed E-state index contributed by atoms with van der Waals surface area (Å²) in [6.07, 6.45) is 1.05. The van der Waals surface area contributed by atoms with Crippen LogP contribution in [0.1, 0.15) is 11.3 Å². The molecule has 0 amide bonds. The van der Waals surface area contributed by atoms with Crippen LogP contribution in [-0.4, -0.2) is 57.5 Å². The standard InChI is InChI=1S/C18H21N3O2S2/c1-2-16-17(23-11-22-16)7-12(1)18-14-8-21(4-3-15(14)19-20-18)13-9-24-5-6-25-10-13/h1-2,7,13H,3-6,8-11H2,(H,19,20). The zero-order valence-electron chi connectivity index (χ0n) is 14.0. The molecule has 1 aromatic carbocycles. The Kier molecular flexibility index (Phi) is 4.31. The zero-order chi connectivity index (χ0) is 16.6. The third-order valence-electron chi connectivity index (χ3n) is 5.12. The number of hydrogen-bond acceptors (Lipinski definition) is 6. The van der Waals surface area contributed by atoms with Crippen molar-refractivity contribution in [3.05, 3.63) is 29.5 Å². The van der Waals surface area contributed by atoms with Gasteiger partial charge in [0, 0.05) is 65.4 Å². The fourth-order valence-electron chi connectivity index (χ4n) is 3.73. The van der Waals surface area contributed by atoms with Gasteiger partial charge in [0.1, 0.15) is 0 Å². The summed E-state index contributed by atoms with van der Waals surface area (Å²) in [6.45, 7) is 2.42. The maximum atomic E-state index is 5.54. The summed E-state index contributed by atoms with van der Waals surface area (Å²) in [7, 11) is 0. The summed E-state index contributed by atoms with van der Waals surface area (Å²) in [5.74, 6) is 6.71. The minimum Gasteiger partial charge on any atom is -0.454 e. The van der Waals surface area contributed by atoms with Crippen molar-refractivity contribution in [2.24, 2.45) is 0 Å². The fraction of sp³-hybridized carbons (Fsp3) is 0.500. The van der Waals surface area contributed by atoms with Crippen LogP contribution in [-0.2, 0) is 13.0 Å². The molecule has 0 aliphatic carbocycles. The lowest BCUT2D eigenvalue weighted by Crippen LogP contribution is -2.42. The maximum absolute atomic E-state index is 5.54. The normalized spacial score (nSPS) is 21.1. The highest BCUT2D eigenvalue weighted by Gasteiger charge is 2.28. The van der Waals surface area contributed by atoms with Crippen molar-refractivity contribution in [2.75, 3.05) is 36.3 Å². The molecule has 3 aliphatic heterocycles. The highest BCUT2D eigenvalue weighted by Crippen LogP contribution is 2.38. The van der Waals surface area contributed by atoms with Gasteiger partial charge in [-0.25, -0.2) is 0 Å². The van der Waals surface area contributed by atoms with Crippen LogP contribution in [0.4, 0.5) is 0 Å². The summed E-state index contributed by atoms with van der Waals surface area (Å²) in [5.41, 5.74) is 4.81. The van der Waals surface area contributed by atoms with Gasteiger partial charge >= 0.3 is 0 Å². The lowest BCUT2D eigenvalue weighted by atomic mass is 10.00. The molecule has 5 nitrogen and oxygen atoms in total. The van der Waals surface area contributed by atoms with E-state index in [2.05, 4.69) is 50.8 Å². The van der Waals surface area contributed by atoms with Gasteiger partial charge in [-0.1, -0.05) is 0 Å². The van der Waals surface area contributed by atoms with E-state index >= 15 is 0 Å². The molecule has 3 aliphatic rings. The predicted octanol–water partition coefficient (Wildman–Crippen LogP) is 3.01. The van der Waals surface area contributed by atoms with Crippen molar-refractivity contribution < 1.29 is 9.47 Å². The molecule has 5 rings (SSSR count). The van der Waals surface area contributed by atoms with E-state index in [9.17, 15) is 0 Å². The number of H-pyrrole nitrogens is 1. The van der Waals surface area contributed by atoms with E-state index in [0.29, 0.717) is 12.8 Å². The van der Waals surface area contributed by atoms with Gasteiger partial charge < -0.3 is 9.47 Å². The summed E-state index contributed by atoms with van der Waals surface area (Å²) < 4.78 is 11.0. The Hall–Kier alpha value is -1.31. The average Bonchev–Trinajstić information content (AvgIpc) is 3.19. The molecule has 1 N–H and O–H groups in total. The summed E-state index contributed by atoms with van der Waals surface area (Å²) in [6, 6.07) is 6.79. The predicted molar refractivity (Wildman–Crippen MR) is 103 cm³/mol. The Labute approximate surface area is 155 Å². The van der Waals surface area contributed by atoms with E-state index < -0.39 is 0 Å². The number of aromatic nitrogens is 2. The number of nitrogens with zero attached hydrogens (tertiary/aromatic N) is 2. The van der Waals surface area contributed by atoms with Crippen molar-refractivity contribution in [3.8, 4) is 22.8 Å². The first-order valence-corrected chi connectivity index (χ1v) is 11.0. The number of aromatic amines is 1. The molecule has 132 valence electrons. The van der Waals surface area contributed by atoms with Crippen LogP contribution in [0.25, 0.3) is 11.3 Å². The van der Waals surface area contributed by atoms with E-state index in [0.717, 1.165) is 42.3 Å². The fourth-order valence-corrected chi connectivity index (χ4v) is 6.35. The molecular formula is C18H21N3O2S2. The lowest BCUT2D eigenvalue weighted by Gasteiger charge is -2.33. The highest BCUT2D eigenvalue weighted by molar-refractivity contribution is 8.03. The number of nitrogens with one attached hydrogen (secondary N) is 1. The molecule has 0 atom stereocenters. The SMILES string of the molecule is c1cc2c(cc1-c1n[nH]c3c1CN(C1CSCCSC1)CC3)OCO2. The average molecular weight is 376 g/mol. The Morgan fingerprint density at radius 2 is 1.96 bits per heavy atom. The van der Waals surface area contributed by atoms with Crippen LogP contribution >= 0.6 is 23.5 Å². The second-order valence-electron chi connectivity index (χ2n) is 6.62. The quantitative estimate of drug-likeness (QED) is 0.871. The molecule has 25 heavy (non-hydrogen) atoms. The van der Waals surface area contributed by atoms with Crippen LogP contribution < -0.4 is 9.47 Å². The largest absolute Gasteiger partial charge is 0.454 e. The number of thioether (sulfide) groups is 2. The van der Waals surface area contributed by atoms with Gasteiger partial charge in [-0.05, 0) is 18.2 Å². The van der Waals surface area contributed by atoms with Crippen LogP contribution in [0.15, 0.2) is 18.2 Å². The van der Waals surface area contributed by atoms with E-state index in [1.165, 1.54) is 34.3 Å². The summed E-state index contributed by atoms with van der Waals surface area (Å²) >= 11 is 4.20. The molecule has 7 heteroatoms. The minimum absolute atomic E-state index is 0.308. The monoisotopic (exact) mass is 375 g/mol. The van der Waals surface area contributed by atoms with Crippen molar-refractivity contribution >= 4 is 23.5 Å². The second kappa shape index (κ2) is 6.78. The highest BCUT2D eigenvalue weighted by atomic mass is 32.2. The van der Waals surface area contributed by atoms with Crippen molar-refractivity contribution in [1.29, 1.82) is 0 Å². The first-order chi connectivity index (χ1) is 12.4. The lowest BCUT2D eigenvalue weighted by molar-refractivity contribution is 0.174. The molecule has 0 radical (unpaired) electrons. The van der Waals surface area contributed by atoms with Gasteiger partial charge in [0.2, 0.25) is 6.79 Å². The van der Waals surface area contributed by atoms with E-state index in [4.69, 9.17) is 9.47 Å². The Bertz CT molecular complexity index is 772. The summed E-state index contributed by atoms with van der Waals surface area (Å²) in [5, 5.41) is 7.90. The molecule has 1 fully saturated rings. The molecule has 4 heterocycles. The second-order valence-corrected chi connectivity index (χ2v) is 8.92. The molecule has 0 spiro atoms. The Morgan fingerprint density at radius 1 is 1.12 bits per heavy atom. The third kappa shape index (κ3) is 3.02. The van der Waals surface area contributed by atoms with Crippen LogP contribution in [0.2, 0.25) is 0 Å². The summed E-state index contributed by atoms with van der Waals surface area (Å²) in [4.78, 5) is 2.65. The number of hydrogen-bond donors (Lipinski definition) is 1. The number of fused-ring (bicyclic) bond motifs is 2. The van der Waals surface area contributed by atoms with Gasteiger partial charge in [-0.3, -0.25) is 10.00 Å². The molecule has 0 saturated carbocycles. The first-order valence-electron chi connectivity index (χ1n) is 8.74. The Morgan fingerprint density at radius 3 is 2.84 bits per heavy atom. The Balaban J connectivity index is 1.42. The zero-order valence-corrected chi connectivity index (χ0v) is 15.6. The van der Waals surface area contributed by atoms with Gasteiger partial charge in [-0.2, -0.15) is 28.6 Å². The molecule has 0 unspecified atom stereocenters. The molecule has 1 saturated heterocycles. The number of rotatable bonds is 2. The first kappa shape index (κ1) is 15.9. The van der Waals surface area contributed by atoms with E-state index in [1.54, 1.807) is 0 Å². The van der Waals surface area contributed by atoms with E-state index in [1.807, 2.05) is 6.07 Å². The number of benzene rings is 1. The van der Waals surface area contributed by atoms with Gasteiger partial charge in [-0.15, -0.1) is 0 Å². The van der Waals surface area contributed by atoms with Gasteiger partial charge in [0.15, 0.2) is 11.5 Å². The van der Waals surface area contributed by atoms with Gasteiger partial charge in [0.05, 0.1) is 5.69 Å². The maximum Gasteiger partial charge on any atom is 0.231 e. The van der Waals surface area contributed by atoms with E-state index in [-0.39, 0.29) is 0 Å². The third-order valence-corrected chi connectivity index (χ3v) is 7.60. The smallest absolute Gasteiger partial charge is 0.231 e. The van der Waals surface area contributed by atoms with Crippen molar-refractivity contribution in [3.63, 3.8) is 0 Å².